The molecule has 2 N–H and O–H groups in total. The van der Waals surface area contributed by atoms with Crippen LogP contribution in [-0.4, -0.2) is 41.5 Å². The van der Waals surface area contributed by atoms with Crippen LogP contribution in [0.2, 0.25) is 5.02 Å². The van der Waals surface area contributed by atoms with Crippen LogP contribution < -0.4 is 15.2 Å². The average Bonchev–Trinajstić information content (AvgIpc) is 3.35. The maximum atomic E-state index is 13.6. The van der Waals surface area contributed by atoms with Crippen LogP contribution in [0.5, 0.6) is 11.5 Å². The maximum absolute atomic E-state index is 13.6. The molecule has 0 saturated carbocycles. The lowest BCUT2D eigenvalue weighted by atomic mass is 9.92. The van der Waals surface area contributed by atoms with Gasteiger partial charge in [-0.15, -0.1) is 0 Å². The van der Waals surface area contributed by atoms with Gasteiger partial charge in [0, 0.05) is 30.4 Å². The Bertz CT molecular complexity index is 1150. The monoisotopic (exact) mass is 467 g/mol. The third kappa shape index (κ3) is 4.68. The fourth-order valence-electron chi connectivity index (χ4n) is 4.35. The van der Waals surface area contributed by atoms with Gasteiger partial charge in [-0.3, -0.25) is 9.59 Å². The summed E-state index contributed by atoms with van der Waals surface area (Å²) in [5, 5.41) is 0.627. The van der Waals surface area contributed by atoms with Gasteiger partial charge in [0.25, 0.3) is 0 Å². The van der Waals surface area contributed by atoms with E-state index in [4.69, 9.17) is 26.8 Å². The molecule has 0 fully saturated rings. The molecule has 2 amide bonds. The quantitative estimate of drug-likeness (QED) is 0.575. The van der Waals surface area contributed by atoms with Gasteiger partial charge in [-0.05, 0) is 53.1 Å². The largest absolute Gasteiger partial charge is 0.493 e. The maximum Gasteiger partial charge on any atom is 0.240 e. The number of rotatable bonds is 7. The zero-order chi connectivity index (χ0) is 23.5. The van der Waals surface area contributed by atoms with Crippen molar-refractivity contribution in [3.8, 4) is 11.5 Å². The van der Waals surface area contributed by atoms with E-state index < -0.39 is 11.9 Å². The Kier molecular flexibility index (Phi) is 6.60. The second kappa shape index (κ2) is 9.58. The van der Waals surface area contributed by atoms with Gasteiger partial charge >= 0.3 is 0 Å². The van der Waals surface area contributed by atoms with Crippen molar-refractivity contribution in [2.45, 2.75) is 31.5 Å². The molecule has 0 radical (unpaired) electrons. The number of primary amides is 1. The van der Waals surface area contributed by atoms with E-state index in [1.807, 2.05) is 53.4 Å². The highest BCUT2D eigenvalue weighted by molar-refractivity contribution is 6.30. The summed E-state index contributed by atoms with van der Waals surface area (Å²) in [5.74, 6) is 0.461. The average molecular weight is 468 g/mol. The van der Waals surface area contributed by atoms with Gasteiger partial charge in [-0.2, -0.15) is 0 Å². The number of fused-ring (bicyclic) bond motifs is 1. The lowest BCUT2D eigenvalue weighted by Gasteiger charge is -2.36. The van der Waals surface area contributed by atoms with Gasteiger partial charge in [0.1, 0.15) is 6.04 Å². The van der Waals surface area contributed by atoms with E-state index in [0.717, 1.165) is 16.7 Å². The Balaban J connectivity index is 1.65. The van der Waals surface area contributed by atoms with Crippen LogP contribution in [0.25, 0.3) is 0 Å². The molecule has 1 aromatic heterocycles. The summed E-state index contributed by atoms with van der Waals surface area (Å²) in [7, 11) is 3.13. The van der Waals surface area contributed by atoms with E-state index in [1.54, 1.807) is 31.3 Å². The van der Waals surface area contributed by atoms with Crippen molar-refractivity contribution in [1.82, 2.24) is 9.47 Å². The molecule has 0 spiro atoms. The van der Waals surface area contributed by atoms with E-state index in [9.17, 15) is 9.59 Å². The normalized spacial score (nSPS) is 16.1. The van der Waals surface area contributed by atoms with E-state index in [0.29, 0.717) is 22.9 Å². The summed E-state index contributed by atoms with van der Waals surface area (Å²) in [4.78, 5) is 27.5. The molecular formula is C25H26ClN3O4. The molecule has 0 saturated heterocycles. The van der Waals surface area contributed by atoms with Gasteiger partial charge in [-0.1, -0.05) is 23.7 Å². The second-order valence-corrected chi connectivity index (χ2v) is 8.46. The van der Waals surface area contributed by atoms with Crippen LogP contribution in [0.4, 0.5) is 0 Å². The molecule has 7 nitrogen and oxygen atoms in total. The predicted molar refractivity (Wildman–Crippen MR) is 125 cm³/mol. The number of carbonyl (C=O) groups excluding carboxylic acids is 2. The minimum Gasteiger partial charge on any atom is -0.493 e. The minimum atomic E-state index is -0.737. The highest BCUT2D eigenvalue weighted by Gasteiger charge is 2.35. The number of hydrogen-bond donors (Lipinski definition) is 1. The molecule has 0 bridgehead atoms. The van der Waals surface area contributed by atoms with Crippen LogP contribution in [-0.2, 0) is 22.6 Å². The van der Waals surface area contributed by atoms with Crippen LogP contribution in [0, 0.1) is 0 Å². The summed E-state index contributed by atoms with van der Waals surface area (Å²) in [6.45, 7) is 0.265. The molecule has 0 aliphatic carbocycles. The highest BCUT2D eigenvalue weighted by Crippen LogP contribution is 2.35. The summed E-state index contributed by atoms with van der Waals surface area (Å²) in [5.41, 5.74) is 8.49. The van der Waals surface area contributed by atoms with Crippen LogP contribution in [0.15, 0.2) is 60.9 Å². The van der Waals surface area contributed by atoms with Gasteiger partial charge in [-0.25, -0.2) is 0 Å². The Morgan fingerprint density at radius 2 is 1.67 bits per heavy atom. The van der Waals surface area contributed by atoms with E-state index in [2.05, 4.69) is 0 Å². The lowest BCUT2D eigenvalue weighted by Crippen LogP contribution is -2.51. The summed E-state index contributed by atoms with van der Waals surface area (Å²) >= 11 is 6.06. The van der Waals surface area contributed by atoms with E-state index in [1.165, 1.54) is 0 Å². The molecule has 2 aromatic carbocycles. The van der Waals surface area contributed by atoms with Crippen molar-refractivity contribution in [1.29, 1.82) is 0 Å². The first-order chi connectivity index (χ1) is 15.9. The molecule has 1 unspecified atom stereocenters. The van der Waals surface area contributed by atoms with Crippen molar-refractivity contribution in [3.05, 3.63) is 82.6 Å². The number of methoxy groups -OCH3 is 2. The van der Waals surface area contributed by atoms with Crippen molar-refractivity contribution in [2.75, 3.05) is 14.2 Å². The first kappa shape index (κ1) is 22.7. The predicted octanol–water partition coefficient (Wildman–Crippen LogP) is 3.58. The van der Waals surface area contributed by atoms with Gasteiger partial charge in [0.05, 0.1) is 26.7 Å². The van der Waals surface area contributed by atoms with Gasteiger partial charge in [0.2, 0.25) is 11.8 Å². The van der Waals surface area contributed by atoms with Crippen LogP contribution in [0.1, 0.15) is 29.2 Å². The summed E-state index contributed by atoms with van der Waals surface area (Å²) in [6, 6.07) is 14.0. The van der Waals surface area contributed by atoms with Crippen molar-refractivity contribution >= 4 is 23.4 Å². The first-order valence-corrected chi connectivity index (χ1v) is 11.0. The Morgan fingerprint density at radius 1 is 1.06 bits per heavy atom. The number of halogens is 1. The fourth-order valence-corrected chi connectivity index (χ4v) is 4.47. The topological polar surface area (TPSA) is 86.8 Å². The number of nitrogens with two attached hydrogens (primary N) is 1. The second-order valence-electron chi connectivity index (χ2n) is 8.02. The molecule has 1 aliphatic rings. The molecular weight excluding hydrogens is 442 g/mol. The third-order valence-corrected chi connectivity index (χ3v) is 6.35. The molecule has 4 rings (SSSR count). The zero-order valence-electron chi connectivity index (χ0n) is 18.5. The number of benzene rings is 2. The van der Waals surface area contributed by atoms with E-state index in [-0.39, 0.29) is 24.9 Å². The van der Waals surface area contributed by atoms with E-state index >= 15 is 0 Å². The molecule has 1 aliphatic heterocycles. The Morgan fingerprint density at radius 3 is 2.24 bits per heavy atom. The zero-order valence-corrected chi connectivity index (χ0v) is 19.3. The molecule has 2 atom stereocenters. The highest BCUT2D eigenvalue weighted by atomic mass is 35.5. The van der Waals surface area contributed by atoms with Gasteiger partial charge < -0.3 is 24.7 Å². The first-order valence-electron chi connectivity index (χ1n) is 10.6. The summed E-state index contributed by atoms with van der Waals surface area (Å²) < 4.78 is 12.8. The van der Waals surface area contributed by atoms with Gasteiger partial charge in [0.15, 0.2) is 11.5 Å². The number of ether oxygens (including phenoxy) is 2. The van der Waals surface area contributed by atoms with Crippen LogP contribution in [0.3, 0.4) is 0 Å². The lowest BCUT2D eigenvalue weighted by molar-refractivity contribution is -0.141. The van der Waals surface area contributed by atoms with Crippen molar-refractivity contribution in [2.24, 2.45) is 5.73 Å². The smallest absolute Gasteiger partial charge is 0.240 e. The summed E-state index contributed by atoms with van der Waals surface area (Å²) in [6.07, 6.45) is 4.33. The molecule has 172 valence electrons. The SMILES string of the molecule is COc1cc2c(cc1OC)CN(C(=O)CC(c1ccc(Cl)cc1)n1cccc1)[C@H](C(N)=O)C2. The molecule has 2 heterocycles. The number of carbonyl (C=O) groups is 2. The molecule has 3 aromatic rings. The minimum absolute atomic E-state index is 0.159. The Labute approximate surface area is 197 Å². The standard InChI is InChI=1S/C25H26ClN3O4/c1-32-22-12-17-11-21(25(27)31)29(15-18(17)13-23(22)33-2)24(30)14-20(28-9-3-4-10-28)16-5-7-19(26)8-6-16/h3-10,12-13,20-21H,11,14-15H2,1-2H3,(H2,27,31)/t20?,21-/m0/s1. The number of aromatic nitrogens is 1. The molecule has 8 heteroatoms. The Hall–Kier alpha value is -3.45. The third-order valence-electron chi connectivity index (χ3n) is 6.09. The molecule has 33 heavy (non-hydrogen) atoms. The fraction of sp³-hybridized carbons (Fsp3) is 0.280. The van der Waals surface area contributed by atoms with Crippen LogP contribution >= 0.6 is 11.6 Å². The number of hydrogen-bond acceptors (Lipinski definition) is 4. The number of nitrogens with zero attached hydrogens (tertiary/aromatic N) is 2. The van der Waals surface area contributed by atoms with Crippen molar-refractivity contribution in [3.63, 3.8) is 0 Å². The number of amides is 2. The van der Waals surface area contributed by atoms with Crippen molar-refractivity contribution < 1.29 is 19.1 Å².